The number of nitrogens with one attached hydrogen (secondary N) is 1. The van der Waals surface area contributed by atoms with Gasteiger partial charge in [0.25, 0.3) is 0 Å². The third-order valence-corrected chi connectivity index (χ3v) is 6.46. The molecule has 7 heteroatoms. The molecule has 0 aromatic heterocycles. The van der Waals surface area contributed by atoms with E-state index in [-0.39, 0.29) is 10.8 Å². The summed E-state index contributed by atoms with van der Waals surface area (Å²) in [6.45, 7) is 2.47. The predicted octanol–water partition coefficient (Wildman–Crippen LogP) is 2.84. The van der Waals surface area contributed by atoms with E-state index in [2.05, 4.69) is 20.7 Å². The summed E-state index contributed by atoms with van der Waals surface area (Å²) < 4.78 is 28.1. The summed E-state index contributed by atoms with van der Waals surface area (Å²) in [5.41, 5.74) is 1.89. The number of aryl methyl sites for hydroxylation is 1. The molecule has 1 saturated heterocycles. The number of amides is 1. The zero-order valence-electron chi connectivity index (χ0n) is 13.1. The minimum Gasteiger partial charge on any atom is -0.311 e. The molecule has 0 aliphatic carbocycles. The molecular weight excluding hydrogens is 392 g/mol. The van der Waals surface area contributed by atoms with Gasteiger partial charge in [-0.25, -0.2) is 8.42 Å². The molecule has 3 rings (SSSR count). The maximum absolute atomic E-state index is 12.6. The highest BCUT2D eigenvalue weighted by molar-refractivity contribution is 9.10. The molecule has 1 fully saturated rings. The van der Waals surface area contributed by atoms with Gasteiger partial charge in [-0.05, 0) is 53.5 Å². The van der Waals surface area contributed by atoms with Gasteiger partial charge in [0.15, 0.2) is 0 Å². The van der Waals surface area contributed by atoms with E-state index in [0.29, 0.717) is 17.4 Å². The van der Waals surface area contributed by atoms with Gasteiger partial charge in [0.2, 0.25) is 15.9 Å². The molecule has 2 aromatic carbocycles. The van der Waals surface area contributed by atoms with Gasteiger partial charge in [0.1, 0.15) is 6.04 Å². The third-order valence-electron chi connectivity index (χ3n) is 3.97. The Bertz CT molecular complexity index is 866. The van der Waals surface area contributed by atoms with Crippen LogP contribution in [-0.4, -0.2) is 26.9 Å². The van der Waals surface area contributed by atoms with Crippen molar-refractivity contribution in [2.45, 2.75) is 24.3 Å². The third kappa shape index (κ3) is 3.38. The minimum atomic E-state index is -3.76. The number of benzene rings is 2. The number of sulfonamides is 1. The van der Waals surface area contributed by atoms with Crippen molar-refractivity contribution >= 4 is 37.5 Å². The lowest BCUT2D eigenvalue weighted by atomic mass is 10.2. The Morgan fingerprint density at radius 1 is 1.12 bits per heavy atom. The van der Waals surface area contributed by atoms with Crippen molar-refractivity contribution < 1.29 is 13.2 Å². The highest BCUT2D eigenvalue weighted by atomic mass is 79.9. The Kier molecular flexibility index (Phi) is 4.76. The average molecular weight is 409 g/mol. The maximum Gasteiger partial charge on any atom is 0.245 e. The zero-order chi connectivity index (χ0) is 17.3. The number of hydrogen-bond donors (Lipinski definition) is 1. The van der Waals surface area contributed by atoms with Crippen LogP contribution in [0.3, 0.4) is 0 Å². The molecule has 126 valence electrons. The monoisotopic (exact) mass is 408 g/mol. The summed E-state index contributed by atoms with van der Waals surface area (Å²) in [7, 11) is -3.76. The SMILES string of the molecule is Cc1ccc(N2CC[C@@H](NS(=O)(=O)c3ccccc3Br)C2=O)cc1. The van der Waals surface area contributed by atoms with Gasteiger partial charge in [-0.15, -0.1) is 0 Å². The first-order valence-corrected chi connectivity index (χ1v) is 9.81. The molecule has 24 heavy (non-hydrogen) atoms. The number of halogens is 1. The quantitative estimate of drug-likeness (QED) is 0.845. The van der Waals surface area contributed by atoms with Gasteiger partial charge in [-0.2, -0.15) is 4.72 Å². The van der Waals surface area contributed by atoms with E-state index in [0.717, 1.165) is 11.3 Å². The van der Waals surface area contributed by atoms with Crippen LogP contribution in [0.15, 0.2) is 57.9 Å². The Morgan fingerprint density at radius 2 is 1.79 bits per heavy atom. The summed E-state index contributed by atoms with van der Waals surface area (Å²) in [6, 6.07) is 13.4. The normalized spacial score (nSPS) is 18.2. The summed E-state index contributed by atoms with van der Waals surface area (Å²) in [6.07, 6.45) is 0.441. The lowest BCUT2D eigenvalue weighted by molar-refractivity contribution is -0.118. The highest BCUT2D eigenvalue weighted by Gasteiger charge is 2.36. The smallest absolute Gasteiger partial charge is 0.245 e. The molecular formula is C17H17BrN2O3S. The lowest BCUT2D eigenvalue weighted by Gasteiger charge is -2.17. The van der Waals surface area contributed by atoms with Crippen molar-refractivity contribution in [2.24, 2.45) is 0 Å². The number of anilines is 1. The fourth-order valence-electron chi connectivity index (χ4n) is 2.68. The van der Waals surface area contributed by atoms with E-state index in [1.807, 2.05) is 31.2 Å². The van der Waals surface area contributed by atoms with Gasteiger partial charge >= 0.3 is 0 Å². The van der Waals surface area contributed by atoms with Crippen LogP contribution in [0.25, 0.3) is 0 Å². The molecule has 1 amide bonds. The van der Waals surface area contributed by atoms with Crippen LogP contribution in [0.2, 0.25) is 0 Å². The van der Waals surface area contributed by atoms with Crippen LogP contribution in [0.5, 0.6) is 0 Å². The van der Waals surface area contributed by atoms with Gasteiger partial charge in [-0.1, -0.05) is 29.8 Å². The summed E-state index contributed by atoms with van der Waals surface area (Å²) in [5, 5.41) is 0. The van der Waals surface area contributed by atoms with Crippen molar-refractivity contribution in [3.05, 3.63) is 58.6 Å². The molecule has 5 nitrogen and oxygen atoms in total. The van der Waals surface area contributed by atoms with Crippen molar-refractivity contribution in [1.29, 1.82) is 0 Å². The second kappa shape index (κ2) is 6.66. The van der Waals surface area contributed by atoms with E-state index in [1.54, 1.807) is 23.1 Å². The van der Waals surface area contributed by atoms with Gasteiger partial charge < -0.3 is 4.90 Å². The second-order valence-electron chi connectivity index (χ2n) is 5.72. The highest BCUT2D eigenvalue weighted by Crippen LogP contribution is 2.25. The summed E-state index contributed by atoms with van der Waals surface area (Å²) in [4.78, 5) is 14.3. The van der Waals surface area contributed by atoms with E-state index >= 15 is 0 Å². The second-order valence-corrected chi connectivity index (χ2v) is 8.26. The summed E-state index contributed by atoms with van der Waals surface area (Å²) in [5.74, 6) is -0.227. The molecule has 0 radical (unpaired) electrons. The van der Waals surface area contributed by atoms with Crippen LogP contribution in [-0.2, 0) is 14.8 Å². The Balaban J connectivity index is 1.79. The Hall–Kier alpha value is -1.70. The van der Waals surface area contributed by atoms with Gasteiger partial charge in [0, 0.05) is 16.7 Å². The number of rotatable bonds is 4. The molecule has 2 aromatic rings. The van der Waals surface area contributed by atoms with Crippen LogP contribution >= 0.6 is 15.9 Å². The molecule has 0 spiro atoms. The van der Waals surface area contributed by atoms with Crippen LogP contribution < -0.4 is 9.62 Å². The molecule has 0 bridgehead atoms. The fraction of sp³-hybridized carbons (Fsp3) is 0.235. The number of carbonyl (C=O) groups excluding carboxylic acids is 1. The van der Waals surface area contributed by atoms with Crippen LogP contribution in [0, 0.1) is 6.92 Å². The van der Waals surface area contributed by atoms with E-state index in [9.17, 15) is 13.2 Å². The van der Waals surface area contributed by atoms with Crippen LogP contribution in [0.1, 0.15) is 12.0 Å². The molecule has 1 aliphatic heterocycles. The van der Waals surface area contributed by atoms with E-state index < -0.39 is 16.1 Å². The topological polar surface area (TPSA) is 66.5 Å². The number of nitrogens with zero attached hydrogens (tertiary/aromatic N) is 1. The van der Waals surface area contributed by atoms with Crippen molar-refractivity contribution in [3.8, 4) is 0 Å². The standard InChI is InChI=1S/C17H17BrN2O3S/c1-12-6-8-13(9-7-12)20-11-10-15(17(20)21)19-24(22,23)16-5-3-2-4-14(16)18/h2-9,15,19H,10-11H2,1H3/t15-/m1/s1. The number of carbonyl (C=O) groups is 1. The van der Waals surface area contributed by atoms with E-state index in [4.69, 9.17) is 0 Å². The first-order valence-electron chi connectivity index (χ1n) is 7.53. The first-order chi connectivity index (χ1) is 11.4. The van der Waals surface area contributed by atoms with Crippen molar-refractivity contribution in [3.63, 3.8) is 0 Å². The molecule has 1 N–H and O–H groups in total. The van der Waals surface area contributed by atoms with E-state index in [1.165, 1.54) is 6.07 Å². The largest absolute Gasteiger partial charge is 0.311 e. The molecule has 0 unspecified atom stereocenters. The van der Waals surface area contributed by atoms with Crippen molar-refractivity contribution in [2.75, 3.05) is 11.4 Å². The Morgan fingerprint density at radius 3 is 2.46 bits per heavy atom. The first kappa shape index (κ1) is 17.1. The summed E-state index contributed by atoms with van der Waals surface area (Å²) >= 11 is 3.24. The lowest BCUT2D eigenvalue weighted by Crippen LogP contribution is -2.41. The van der Waals surface area contributed by atoms with Gasteiger partial charge in [0.05, 0.1) is 4.90 Å². The van der Waals surface area contributed by atoms with Gasteiger partial charge in [-0.3, -0.25) is 4.79 Å². The number of hydrogen-bond acceptors (Lipinski definition) is 3. The predicted molar refractivity (Wildman–Crippen MR) is 96.4 cm³/mol. The molecule has 1 heterocycles. The average Bonchev–Trinajstić information content (AvgIpc) is 2.89. The zero-order valence-corrected chi connectivity index (χ0v) is 15.5. The minimum absolute atomic E-state index is 0.131. The Labute approximate surface area is 149 Å². The molecule has 0 saturated carbocycles. The van der Waals surface area contributed by atoms with Crippen molar-refractivity contribution in [1.82, 2.24) is 4.72 Å². The fourth-order valence-corrected chi connectivity index (χ4v) is 4.91. The maximum atomic E-state index is 12.6. The molecule has 1 aliphatic rings. The molecule has 1 atom stereocenters. The van der Waals surface area contributed by atoms with Crippen LogP contribution in [0.4, 0.5) is 5.69 Å².